The number of piperazine rings is 1. The van der Waals surface area contributed by atoms with Gasteiger partial charge in [-0.1, -0.05) is 6.08 Å². The Balaban J connectivity index is 2.31. The van der Waals surface area contributed by atoms with E-state index in [1.807, 2.05) is 18.2 Å². The van der Waals surface area contributed by atoms with Crippen molar-refractivity contribution in [2.24, 2.45) is 0 Å². The smallest absolute Gasteiger partial charge is 0.123 e. The minimum atomic E-state index is 0.343. The summed E-state index contributed by atoms with van der Waals surface area (Å²) in [6, 6.07) is 6.39. The van der Waals surface area contributed by atoms with Crippen LogP contribution >= 0.6 is 0 Å². The maximum Gasteiger partial charge on any atom is 0.123 e. The van der Waals surface area contributed by atoms with E-state index in [1.54, 1.807) is 14.2 Å². The van der Waals surface area contributed by atoms with E-state index in [-0.39, 0.29) is 0 Å². The van der Waals surface area contributed by atoms with Gasteiger partial charge in [0.2, 0.25) is 0 Å². The van der Waals surface area contributed by atoms with Crippen LogP contribution in [0.3, 0.4) is 0 Å². The Labute approximate surface area is 127 Å². The first-order valence-electron chi connectivity index (χ1n) is 7.57. The third-order valence-corrected chi connectivity index (χ3v) is 4.03. The summed E-state index contributed by atoms with van der Waals surface area (Å²) in [6.07, 6.45) is 4.03. The second-order valence-corrected chi connectivity index (χ2v) is 5.28. The molecule has 116 valence electrons. The highest BCUT2D eigenvalue weighted by Crippen LogP contribution is 2.35. The van der Waals surface area contributed by atoms with Crippen LogP contribution in [-0.4, -0.2) is 45.3 Å². The molecule has 0 amide bonds. The van der Waals surface area contributed by atoms with E-state index in [1.165, 1.54) is 5.56 Å². The lowest BCUT2D eigenvalue weighted by atomic mass is 9.98. The van der Waals surface area contributed by atoms with Gasteiger partial charge in [0.05, 0.1) is 14.2 Å². The Morgan fingerprint density at radius 1 is 1.29 bits per heavy atom. The lowest BCUT2D eigenvalue weighted by molar-refractivity contribution is 0.163. The van der Waals surface area contributed by atoms with Gasteiger partial charge in [0.15, 0.2) is 0 Å². The molecule has 0 radical (unpaired) electrons. The summed E-state index contributed by atoms with van der Waals surface area (Å²) in [5.41, 5.74) is 1.21. The van der Waals surface area contributed by atoms with Crippen LogP contribution in [0.15, 0.2) is 30.9 Å². The summed E-state index contributed by atoms with van der Waals surface area (Å²) in [4.78, 5) is 2.53. The van der Waals surface area contributed by atoms with Crippen LogP contribution in [0.4, 0.5) is 0 Å². The second-order valence-electron chi connectivity index (χ2n) is 5.28. The predicted molar refractivity (Wildman–Crippen MR) is 86.2 cm³/mol. The van der Waals surface area contributed by atoms with E-state index in [0.29, 0.717) is 6.04 Å². The molecular weight excluding hydrogens is 264 g/mol. The Bertz CT molecular complexity index is 456. The van der Waals surface area contributed by atoms with Gasteiger partial charge in [0, 0.05) is 37.8 Å². The standard InChI is InChI=1S/C17H26N2O2/c1-4-5-6-16(19-11-9-18-10-12-19)15-13-14(20-2)7-8-17(15)21-3/h4,7-8,13,16,18H,1,5-6,9-12H2,2-3H3/t16-/m1/s1. The number of nitrogens with zero attached hydrogens (tertiary/aromatic N) is 1. The quantitative estimate of drug-likeness (QED) is 0.783. The Kier molecular flexibility index (Phi) is 6.08. The third kappa shape index (κ3) is 3.99. The average molecular weight is 290 g/mol. The molecule has 1 heterocycles. The van der Waals surface area contributed by atoms with Gasteiger partial charge in [-0.2, -0.15) is 0 Å². The normalized spacial score (nSPS) is 17.2. The fourth-order valence-electron chi connectivity index (χ4n) is 2.90. The number of methoxy groups -OCH3 is 2. The molecule has 4 heteroatoms. The molecule has 1 aliphatic rings. The lowest BCUT2D eigenvalue weighted by Crippen LogP contribution is -2.45. The summed E-state index contributed by atoms with van der Waals surface area (Å²) in [5, 5.41) is 3.41. The van der Waals surface area contributed by atoms with Gasteiger partial charge < -0.3 is 14.8 Å². The first-order valence-corrected chi connectivity index (χ1v) is 7.57. The van der Waals surface area contributed by atoms with Crippen molar-refractivity contribution in [3.63, 3.8) is 0 Å². The molecule has 0 bridgehead atoms. The monoisotopic (exact) mass is 290 g/mol. The van der Waals surface area contributed by atoms with Crippen LogP contribution in [0.25, 0.3) is 0 Å². The maximum atomic E-state index is 5.57. The molecule has 2 rings (SSSR count). The molecule has 1 aliphatic heterocycles. The van der Waals surface area contributed by atoms with Crippen LogP contribution in [0, 0.1) is 0 Å². The van der Waals surface area contributed by atoms with E-state index in [0.717, 1.165) is 50.5 Å². The fraction of sp³-hybridized carbons (Fsp3) is 0.529. The highest BCUT2D eigenvalue weighted by molar-refractivity contribution is 5.42. The molecule has 0 unspecified atom stereocenters. The first kappa shape index (κ1) is 15.9. The van der Waals surface area contributed by atoms with Gasteiger partial charge >= 0.3 is 0 Å². The maximum absolute atomic E-state index is 5.57. The van der Waals surface area contributed by atoms with E-state index >= 15 is 0 Å². The van der Waals surface area contributed by atoms with Crippen molar-refractivity contribution in [1.29, 1.82) is 0 Å². The molecule has 1 aromatic rings. The van der Waals surface area contributed by atoms with Crippen molar-refractivity contribution in [1.82, 2.24) is 10.2 Å². The largest absolute Gasteiger partial charge is 0.497 e. The summed E-state index contributed by atoms with van der Waals surface area (Å²) < 4.78 is 11.0. The van der Waals surface area contributed by atoms with Gasteiger partial charge in [-0.05, 0) is 31.0 Å². The molecule has 4 nitrogen and oxygen atoms in total. The van der Waals surface area contributed by atoms with Crippen molar-refractivity contribution in [3.8, 4) is 11.5 Å². The van der Waals surface area contributed by atoms with Crippen molar-refractivity contribution in [3.05, 3.63) is 36.4 Å². The highest BCUT2D eigenvalue weighted by atomic mass is 16.5. The summed E-state index contributed by atoms with van der Waals surface area (Å²) in [7, 11) is 3.43. The predicted octanol–water partition coefficient (Wildman–Crippen LogP) is 2.62. The van der Waals surface area contributed by atoms with Gasteiger partial charge in [-0.3, -0.25) is 4.90 Å². The molecule has 0 saturated carbocycles. The molecule has 21 heavy (non-hydrogen) atoms. The lowest BCUT2D eigenvalue weighted by Gasteiger charge is -2.36. The van der Waals surface area contributed by atoms with Crippen LogP contribution in [-0.2, 0) is 0 Å². The summed E-state index contributed by atoms with van der Waals surface area (Å²) >= 11 is 0. The van der Waals surface area contributed by atoms with E-state index < -0.39 is 0 Å². The summed E-state index contributed by atoms with van der Waals surface area (Å²) in [5.74, 6) is 1.81. The number of hydrogen-bond acceptors (Lipinski definition) is 4. The zero-order chi connectivity index (χ0) is 15.1. The van der Waals surface area contributed by atoms with Crippen LogP contribution in [0.2, 0.25) is 0 Å². The Hall–Kier alpha value is -1.52. The highest BCUT2D eigenvalue weighted by Gasteiger charge is 2.24. The third-order valence-electron chi connectivity index (χ3n) is 4.03. The molecule has 1 aromatic carbocycles. The number of allylic oxidation sites excluding steroid dienone is 1. The zero-order valence-electron chi connectivity index (χ0n) is 13.1. The van der Waals surface area contributed by atoms with Gasteiger partial charge in [0.1, 0.15) is 11.5 Å². The minimum Gasteiger partial charge on any atom is -0.497 e. The van der Waals surface area contributed by atoms with Gasteiger partial charge in [-0.15, -0.1) is 6.58 Å². The molecule has 0 aromatic heterocycles. The average Bonchev–Trinajstić information content (AvgIpc) is 2.56. The number of rotatable bonds is 7. The second kappa shape index (κ2) is 8.05. The fourth-order valence-corrected chi connectivity index (χ4v) is 2.90. The van der Waals surface area contributed by atoms with Gasteiger partial charge in [-0.25, -0.2) is 0 Å². The minimum absolute atomic E-state index is 0.343. The molecule has 0 spiro atoms. The van der Waals surface area contributed by atoms with E-state index in [4.69, 9.17) is 9.47 Å². The topological polar surface area (TPSA) is 33.7 Å². The molecule has 1 saturated heterocycles. The Morgan fingerprint density at radius 3 is 2.67 bits per heavy atom. The number of ether oxygens (including phenoxy) is 2. The van der Waals surface area contributed by atoms with Gasteiger partial charge in [0.25, 0.3) is 0 Å². The molecule has 1 atom stereocenters. The molecule has 1 fully saturated rings. The van der Waals surface area contributed by atoms with E-state index in [2.05, 4.69) is 22.9 Å². The van der Waals surface area contributed by atoms with Crippen molar-refractivity contribution in [2.45, 2.75) is 18.9 Å². The van der Waals surface area contributed by atoms with E-state index in [9.17, 15) is 0 Å². The molecule has 1 N–H and O–H groups in total. The van der Waals surface area contributed by atoms with Crippen molar-refractivity contribution >= 4 is 0 Å². The van der Waals surface area contributed by atoms with Crippen molar-refractivity contribution in [2.75, 3.05) is 40.4 Å². The summed E-state index contributed by atoms with van der Waals surface area (Å²) in [6.45, 7) is 8.05. The van der Waals surface area contributed by atoms with Crippen molar-refractivity contribution < 1.29 is 9.47 Å². The Morgan fingerprint density at radius 2 is 2.05 bits per heavy atom. The SMILES string of the molecule is C=CCC[C@H](c1cc(OC)ccc1OC)N1CCNCC1. The van der Waals surface area contributed by atoms with Crippen LogP contribution < -0.4 is 14.8 Å². The first-order chi connectivity index (χ1) is 10.3. The van der Waals surface area contributed by atoms with Crippen LogP contribution in [0.5, 0.6) is 11.5 Å². The number of benzene rings is 1. The van der Waals surface area contributed by atoms with Crippen LogP contribution in [0.1, 0.15) is 24.4 Å². The zero-order valence-corrected chi connectivity index (χ0v) is 13.1. The molecule has 0 aliphatic carbocycles. The number of nitrogens with one attached hydrogen (secondary N) is 1. The number of hydrogen-bond donors (Lipinski definition) is 1. The molecular formula is C17H26N2O2.